The van der Waals surface area contributed by atoms with Crippen molar-refractivity contribution < 1.29 is 23.9 Å². The number of hydrogen-bond acceptors (Lipinski definition) is 6. The van der Waals surface area contributed by atoms with Gasteiger partial charge in [0.15, 0.2) is 0 Å². The van der Waals surface area contributed by atoms with E-state index in [0.29, 0.717) is 30.7 Å². The van der Waals surface area contributed by atoms with Gasteiger partial charge in [0.05, 0.1) is 6.10 Å². The van der Waals surface area contributed by atoms with Crippen molar-refractivity contribution in [1.82, 2.24) is 15.1 Å². The molecular formula is C29H39N3O5. The minimum absolute atomic E-state index is 0.141. The Hall–Kier alpha value is -2.45. The SMILES string of the molecule is CO[C@H]1CC[C@H](C2CN([C@H]3CCCC[C@@H]3Oc3ccc4c(c3)CN(C3CCC(=O)NC3=O)C4=O)C2)CC1. The molecule has 0 bridgehead atoms. The molecule has 1 N–H and O–H groups in total. The van der Waals surface area contributed by atoms with Crippen molar-refractivity contribution in [2.75, 3.05) is 20.2 Å². The van der Waals surface area contributed by atoms with Gasteiger partial charge in [0.2, 0.25) is 11.8 Å². The Balaban J connectivity index is 1.07. The Labute approximate surface area is 219 Å². The molecule has 2 saturated carbocycles. The highest BCUT2D eigenvalue weighted by Gasteiger charge is 2.43. The van der Waals surface area contributed by atoms with Gasteiger partial charge in [-0.05, 0) is 87.0 Å². The lowest BCUT2D eigenvalue weighted by molar-refractivity contribution is -0.136. The summed E-state index contributed by atoms with van der Waals surface area (Å²) in [6.45, 7) is 2.75. The van der Waals surface area contributed by atoms with E-state index in [1.807, 2.05) is 25.3 Å². The summed E-state index contributed by atoms with van der Waals surface area (Å²) < 4.78 is 12.2. The van der Waals surface area contributed by atoms with Crippen LogP contribution in [0.3, 0.4) is 0 Å². The number of carbonyl (C=O) groups is 3. The topological polar surface area (TPSA) is 88.2 Å². The third kappa shape index (κ3) is 4.90. The number of amides is 3. The summed E-state index contributed by atoms with van der Waals surface area (Å²) in [5.41, 5.74) is 1.53. The zero-order chi connectivity index (χ0) is 25.5. The van der Waals surface area contributed by atoms with Gasteiger partial charge in [0.25, 0.3) is 5.91 Å². The summed E-state index contributed by atoms with van der Waals surface area (Å²) in [6.07, 6.45) is 10.9. The van der Waals surface area contributed by atoms with Crippen LogP contribution in [0.4, 0.5) is 0 Å². The number of ether oxygens (including phenoxy) is 2. The van der Waals surface area contributed by atoms with Crippen LogP contribution in [0.25, 0.3) is 0 Å². The van der Waals surface area contributed by atoms with Crippen LogP contribution in [-0.4, -0.2) is 72.0 Å². The zero-order valence-electron chi connectivity index (χ0n) is 21.8. The fourth-order valence-electron chi connectivity index (χ4n) is 7.34. The second-order valence-corrected chi connectivity index (χ2v) is 11.7. The van der Waals surface area contributed by atoms with Crippen LogP contribution in [0.2, 0.25) is 0 Å². The minimum Gasteiger partial charge on any atom is -0.489 e. The van der Waals surface area contributed by atoms with Crippen LogP contribution in [0, 0.1) is 11.8 Å². The van der Waals surface area contributed by atoms with Crippen molar-refractivity contribution in [3.05, 3.63) is 29.3 Å². The van der Waals surface area contributed by atoms with Crippen LogP contribution in [-0.2, 0) is 20.9 Å². The first kappa shape index (κ1) is 24.9. The van der Waals surface area contributed by atoms with Crippen LogP contribution < -0.4 is 10.1 Å². The van der Waals surface area contributed by atoms with Gasteiger partial charge < -0.3 is 14.4 Å². The smallest absolute Gasteiger partial charge is 0.255 e. The molecule has 5 aliphatic rings. The molecule has 3 heterocycles. The number of nitrogens with zero attached hydrogens (tertiary/aromatic N) is 2. The van der Waals surface area contributed by atoms with Gasteiger partial charge >= 0.3 is 0 Å². The van der Waals surface area contributed by atoms with E-state index in [9.17, 15) is 14.4 Å². The normalized spacial score (nSPS) is 33.2. The summed E-state index contributed by atoms with van der Waals surface area (Å²) in [5, 5.41) is 2.37. The molecule has 1 aromatic rings. The zero-order valence-corrected chi connectivity index (χ0v) is 21.8. The third-order valence-corrected chi connectivity index (χ3v) is 9.58. The molecule has 3 atom stereocenters. The highest BCUT2D eigenvalue weighted by molar-refractivity contribution is 6.05. The summed E-state index contributed by atoms with van der Waals surface area (Å²) in [5.74, 6) is 1.67. The molecule has 8 heteroatoms. The molecule has 0 radical (unpaired) electrons. The lowest BCUT2D eigenvalue weighted by Gasteiger charge is -2.51. The lowest BCUT2D eigenvalue weighted by atomic mass is 9.74. The Kier molecular flexibility index (Phi) is 6.97. The van der Waals surface area contributed by atoms with E-state index < -0.39 is 6.04 Å². The molecule has 0 spiro atoms. The highest BCUT2D eigenvalue weighted by Crippen LogP contribution is 2.39. The van der Waals surface area contributed by atoms with E-state index in [1.54, 1.807) is 4.90 Å². The number of methoxy groups -OCH3 is 1. The van der Waals surface area contributed by atoms with Crippen molar-refractivity contribution in [2.24, 2.45) is 11.8 Å². The van der Waals surface area contributed by atoms with Gasteiger partial charge in [-0.1, -0.05) is 6.42 Å². The minimum atomic E-state index is -0.589. The number of likely N-dealkylation sites (tertiary alicyclic amines) is 1. The number of carbonyl (C=O) groups excluding carboxylic acids is 3. The number of rotatable bonds is 6. The van der Waals surface area contributed by atoms with Crippen molar-refractivity contribution in [3.63, 3.8) is 0 Å². The van der Waals surface area contributed by atoms with Gasteiger partial charge in [-0.2, -0.15) is 0 Å². The first-order valence-corrected chi connectivity index (χ1v) is 14.2. The second kappa shape index (κ2) is 10.4. The fraction of sp³-hybridized carbons (Fsp3) is 0.690. The Bertz CT molecular complexity index is 1050. The predicted molar refractivity (Wildman–Crippen MR) is 137 cm³/mol. The molecule has 2 aliphatic carbocycles. The molecule has 1 aromatic carbocycles. The largest absolute Gasteiger partial charge is 0.489 e. The third-order valence-electron chi connectivity index (χ3n) is 9.58. The Morgan fingerprint density at radius 3 is 2.46 bits per heavy atom. The average molecular weight is 510 g/mol. The molecule has 2 saturated heterocycles. The van der Waals surface area contributed by atoms with Gasteiger partial charge in [0, 0.05) is 44.8 Å². The summed E-state index contributed by atoms with van der Waals surface area (Å²) in [7, 11) is 1.84. The van der Waals surface area contributed by atoms with E-state index in [0.717, 1.165) is 29.6 Å². The van der Waals surface area contributed by atoms with Crippen molar-refractivity contribution >= 4 is 17.7 Å². The van der Waals surface area contributed by atoms with E-state index in [2.05, 4.69) is 10.2 Å². The Morgan fingerprint density at radius 2 is 1.70 bits per heavy atom. The molecule has 8 nitrogen and oxygen atoms in total. The molecule has 4 fully saturated rings. The molecule has 0 aromatic heterocycles. The van der Waals surface area contributed by atoms with Crippen molar-refractivity contribution in [2.45, 2.75) is 95.0 Å². The van der Waals surface area contributed by atoms with E-state index in [1.165, 1.54) is 58.0 Å². The summed E-state index contributed by atoms with van der Waals surface area (Å²) >= 11 is 0. The van der Waals surface area contributed by atoms with E-state index >= 15 is 0 Å². The quantitative estimate of drug-likeness (QED) is 0.593. The summed E-state index contributed by atoms with van der Waals surface area (Å²) in [4.78, 5) is 41.1. The number of nitrogens with one attached hydrogen (secondary N) is 1. The second-order valence-electron chi connectivity index (χ2n) is 11.7. The fourth-order valence-corrected chi connectivity index (χ4v) is 7.34. The molecule has 37 heavy (non-hydrogen) atoms. The van der Waals surface area contributed by atoms with Gasteiger partial charge in [0.1, 0.15) is 17.9 Å². The number of hydrogen-bond donors (Lipinski definition) is 1. The molecule has 200 valence electrons. The maximum absolute atomic E-state index is 13.0. The molecule has 1 unspecified atom stereocenters. The molecule has 3 amide bonds. The monoisotopic (exact) mass is 509 g/mol. The van der Waals surface area contributed by atoms with E-state index in [-0.39, 0.29) is 30.2 Å². The first-order valence-electron chi connectivity index (χ1n) is 14.2. The van der Waals surface area contributed by atoms with Gasteiger partial charge in [-0.25, -0.2) is 0 Å². The van der Waals surface area contributed by atoms with Gasteiger partial charge in [-0.3, -0.25) is 24.6 Å². The number of imide groups is 1. The predicted octanol–water partition coefficient (Wildman–Crippen LogP) is 3.27. The molecule has 3 aliphatic heterocycles. The average Bonchev–Trinajstić information content (AvgIpc) is 3.20. The van der Waals surface area contributed by atoms with Crippen molar-refractivity contribution in [1.29, 1.82) is 0 Å². The standard InChI is InChI=1S/C29H39N3O5/c1-36-21-8-6-18(7-9-21)20-15-31(16-20)24-4-2-3-5-26(24)37-22-10-11-23-19(14-22)17-32(29(23)35)25-12-13-27(33)30-28(25)34/h10-11,14,18,20-21,24-26H,2-9,12-13,15-17H2,1H3,(H,30,33,34)/t18-,21-,24-,25?,26-/m0/s1. The van der Waals surface area contributed by atoms with E-state index in [4.69, 9.17) is 9.47 Å². The van der Waals surface area contributed by atoms with Crippen LogP contribution >= 0.6 is 0 Å². The van der Waals surface area contributed by atoms with Gasteiger partial charge in [-0.15, -0.1) is 0 Å². The highest BCUT2D eigenvalue weighted by atomic mass is 16.5. The van der Waals surface area contributed by atoms with Crippen molar-refractivity contribution in [3.8, 4) is 5.75 Å². The molecular weight excluding hydrogens is 470 g/mol. The number of piperidine rings is 1. The number of fused-ring (bicyclic) bond motifs is 1. The lowest BCUT2D eigenvalue weighted by Crippen LogP contribution is -2.59. The molecule has 6 rings (SSSR count). The van der Waals surface area contributed by atoms with Crippen LogP contribution in [0.1, 0.15) is 80.1 Å². The Morgan fingerprint density at radius 1 is 0.919 bits per heavy atom. The maximum Gasteiger partial charge on any atom is 0.255 e. The van der Waals surface area contributed by atoms with Crippen LogP contribution in [0.5, 0.6) is 5.75 Å². The summed E-state index contributed by atoms with van der Waals surface area (Å²) in [6, 6.07) is 5.59. The number of benzene rings is 1. The maximum atomic E-state index is 13.0. The van der Waals surface area contributed by atoms with Crippen LogP contribution in [0.15, 0.2) is 18.2 Å². The first-order chi connectivity index (χ1) is 18.0.